The van der Waals surface area contributed by atoms with E-state index in [0.29, 0.717) is 30.5 Å². The van der Waals surface area contributed by atoms with E-state index in [-0.39, 0.29) is 4.90 Å². The van der Waals surface area contributed by atoms with E-state index < -0.39 is 10.0 Å². The second kappa shape index (κ2) is 10.1. The molecule has 0 aliphatic heterocycles. The van der Waals surface area contributed by atoms with E-state index in [1.807, 2.05) is 38.1 Å². The number of rotatable bonds is 11. The smallest absolute Gasteiger partial charge is 0.244 e. The number of thioether (sulfide) groups is 1. The highest BCUT2D eigenvalue weighted by Gasteiger charge is 2.22. The van der Waals surface area contributed by atoms with Crippen LogP contribution in [0.3, 0.4) is 0 Å². The zero-order valence-electron chi connectivity index (χ0n) is 17.3. The SMILES string of the molecule is CCN(CC)S(=O)(=O)c1ccc2nnc(SCCCOc3ccc(OC)cc3)n2c1. The van der Waals surface area contributed by atoms with E-state index in [9.17, 15) is 8.42 Å². The maximum atomic E-state index is 12.8. The highest BCUT2D eigenvalue weighted by Crippen LogP contribution is 2.22. The molecule has 0 aliphatic rings. The lowest BCUT2D eigenvalue weighted by atomic mass is 10.3. The molecule has 0 aliphatic carbocycles. The number of methoxy groups -OCH3 is 1. The molecule has 0 saturated carbocycles. The van der Waals surface area contributed by atoms with Crippen molar-refractivity contribution < 1.29 is 17.9 Å². The Labute approximate surface area is 181 Å². The molecule has 0 unspecified atom stereocenters. The van der Waals surface area contributed by atoms with Gasteiger partial charge in [0.1, 0.15) is 11.5 Å². The number of benzene rings is 1. The normalized spacial score (nSPS) is 11.9. The number of hydrogen-bond donors (Lipinski definition) is 0. The summed E-state index contributed by atoms with van der Waals surface area (Å²) in [5.41, 5.74) is 0.616. The van der Waals surface area contributed by atoms with Crippen LogP contribution < -0.4 is 9.47 Å². The van der Waals surface area contributed by atoms with Crippen LogP contribution in [0.5, 0.6) is 11.5 Å². The summed E-state index contributed by atoms with van der Waals surface area (Å²) in [6, 6.07) is 10.7. The summed E-state index contributed by atoms with van der Waals surface area (Å²) >= 11 is 1.52. The second-order valence-electron chi connectivity index (χ2n) is 6.39. The molecule has 8 nitrogen and oxygen atoms in total. The first-order valence-corrected chi connectivity index (χ1v) is 12.2. The quantitative estimate of drug-likeness (QED) is 0.327. The first-order chi connectivity index (χ1) is 14.5. The van der Waals surface area contributed by atoms with Crippen molar-refractivity contribution in [2.24, 2.45) is 0 Å². The molecule has 0 radical (unpaired) electrons. The zero-order chi connectivity index (χ0) is 21.6. The van der Waals surface area contributed by atoms with Crippen LogP contribution in [-0.4, -0.2) is 59.9 Å². The minimum Gasteiger partial charge on any atom is -0.497 e. The van der Waals surface area contributed by atoms with Gasteiger partial charge < -0.3 is 9.47 Å². The number of fused-ring (bicyclic) bond motifs is 1. The van der Waals surface area contributed by atoms with Crippen LogP contribution in [0.25, 0.3) is 5.65 Å². The predicted molar refractivity (Wildman–Crippen MR) is 117 cm³/mol. The third kappa shape index (κ3) is 5.05. The Morgan fingerprint density at radius 1 is 1.03 bits per heavy atom. The van der Waals surface area contributed by atoms with Crippen LogP contribution in [0.1, 0.15) is 20.3 Å². The summed E-state index contributed by atoms with van der Waals surface area (Å²) in [7, 11) is -1.91. The molecule has 0 saturated heterocycles. The van der Waals surface area contributed by atoms with Gasteiger partial charge in [0.15, 0.2) is 10.8 Å². The van der Waals surface area contributed by atoms with Crippen LogP contribution in [0.4, 0.5) is 0 Å². The van der Waals surface area contributed by atoms with Gasteiger partial charge in [0, 0.05) is 25.0 Å². The number of nitrogens with zero attached hydrogens (tertiary/aromatic N) is 4. The van der Waals surface area contributed by atoms with Gasteiger partial charge in [0.05, 0.1) is 18.6 Å². The first-order valence-electron chi connectivity index (χ1n) is 9.74. The molecule has 0 amide bonds. The summed E-state index contributed by atoms with van der Waals surface area (Å²) in [5, 5.41) is 8.98. The van der Waals surface area contributed by atoms with Crippen molar-refractivity contribution >= 4 is 27.4 Å². The lowest BCUT2D eigenvalue weighted by molar-refractivity contribution is 0.318. The van der Waals surface area contributed by atoms with E-state index in [1.54, 1.807) is 29.8 Å². The van der Waals surface area contributed by atoms with Crippen molar-refractivity contribution in [3.63, 3.8) is 0 Å². The molecule has 0 N–H and O–H groups in total. The van der Waals surface area contributed by atoms with Crippen LogP contribution in [0, 0.1) is 0 Å². The van der Waals surface area contributed by atoms with Crippen molar-refractivity contribution in [3.8, 4) is 11.5 Å². The highest BCUT2D eigenvalue weighted by molar-refractivity contribution is 7.99. The topological polar surface area (TPSA) is 86.0 Å². The van der Waals surface area contributed by atoms with Crippen molar-refractivity contribution in [1.29, 1.82) is 0 Å². The van der Waals surface area contributed by atoms with Gasteiger partial charge in [-0.15, -0.1) is 10.2 Å². The maximum Gasteiger partial charge on any atom is 0.244 e. The van der Waals surface area contributed by atoms with Gasteiger partial charge in [-0.2, -0.15) is 4.31 Å². The molecule has 2 aromatic heterocycles. The molecule has 2 heterocycles. The number of ether oxygens (including phenoxy) is 2. The lowest BCUT2D eigenvalue weighted by Crippen LogP contribution is -2.30. The molecule has 0 spiro atoms. The molecule has 3 rings (SSSR count). The van der Waals surface area contributed by atoms with Crippen LogP contribution in [0.15, 0.2) is 52.6 Å². The van der Waals surface area contributed by atoms with Gasteiger partial charge in [0.25, 0.3) is 0 Å². The molecule has 162 valence electrons. The van der Waals surface area contributed by atoms with Gasteiger partial charge in [-0.1, -0.05) is 25.6 Å². The van der Waals surface area contributed by atoms with Crippen LogP contribution in [-0.2, 0) is 10.0 Å². The fraction of sp³-hybridized carbons (Fsp3) is 0.400. The van der Waals surface area contributed by atoms with Gasteiger partial charge >= 0.3 is 0 Å². The molecule has 0 fully saturated rings. The first kappa shape index (κ1) is 22.4. The van der Waals surface area contributed by atoms with E-state index in [4.69, 9.17) is 9.47 Å². The summed E-state index contributed by atoms with van der Waals surface area (Å²) < 4.78 is 39.6. The predicted octanol–water partition coefficient (Wildman–Crippen LogP) is 3.33. The monoisotopic (exact) mass is 450 g/mol. The van der Waals surface area contributed by atoms with Crippen molar-refractivity contribution in [1.82, 2.24) is 18.9 Å². The zero-order valence-corrected chi connectivity index (χ0v) is 18.9. The third-order valence-corrected chi connectivity index (χ3v) is 7.60. The molecular weight excluding hydrogens is 424 g/mol. The Morgan fingerprint density at radius 2 is 1.73 bits per heavy atom. The summed E-state index contributed by atoms with van der Waals surface area (Å²) in [6.45, 7) is 5.07. The minimum absolute atomic E-state index is 0.239. The van der Waals surface area contributed by atoms with Gasteiger partial charge in [-0.3, -0.25) is 4.40 Å². The maximum absolute atomic E-state index is 12.8. The highest BCUT2D eigenvalue weighted by atomic mass is 32.2. The molecule has 0 atom stereocenters. The Morgan fingerprint density at radius 3 is 2.40 bits per heavy atom. The number of aromatic nitrogens is 3. The van der Waals surface area contributed by atoms with E-state index in [0.717, 1.165) is 23.7 Å². The molecule has 30 heavy (non-hydrogen) atoms. The average molecular weight is 451 g/mol. The third-order valence-electron chi connectivity index (χ3n) is 4.54. The Hall–Kier alpha value is -2.30. The van der Waals surface area contributed by atoms with E-state index in [2.05, 4.69) is 10.2 Å². The number of pyridine rings is 1. The largest absolute Gasteiger partial charge is 0.497 e. The molecular formula is C20H26N4O4S2. The summed E-state index contributed by atoms with van der Waals surface area (Å²) in [5.74, 6) is 2.35. The van der Waals surface area contributed by atoms with Gasteiger partial charge in [0.2, 0.25) is 10.0 Å². The van der Waals surface area contributed by atoms with E-state index in [1.165, 1.54) is 16.1 Å². The lowest BCUT2D eigenvalue weighted by Gasteiger charge is -2.18. The van der Waals surface area contributed by atoms with Gasteiger partial charge in [-0.25, -0.2) is 8.42 Å². The Balaban J connectivity index is 1.61. The van der Waals surface area contributed by atoms with Crippen molar-refractivity contribution in [2.75, 3.05) is 32.6 Å². The number of hydrogen-bond acceptors (Lipinski definition) is 7. The van der Waals surface area contributed by atoms with Crippen molar-refractivity contribution in [3.05, 3.63) is 42.6 Å². The summed E-state index contributed by atoms with van der Waals surface area (Å²) in [4.78, 5) is 0.239. The second-order valence-corrected chi connectivity index (χ2v) is 9.39. The average Bonchev–Trinajstić information content (AvgIpc) is 3.17. The number of sulfonamides is 1. The standard InChI is InChI=1S/C20H26N4O4S2/c1-4-23(5-2)30(25,26)18-11-12-19-21-22-20(24(19)15-18)29-14-6-13-28-17-9-7-16(27-3)8-10-17/h7-12,15H,4-6,13-14H2,1-3H3. The molecule has 0 bridgehead atoms. The fourth-order valence-corrected chi connectivity index (χ4v) is 5.18. The molecule has 10 heteroatoms. The van der Waals surface area contributed by atoms with Crippen molar-refractivity contribution in [2.45, 2.75) is 30.3 Å². The Kier molecular flexibility index (Phi) is 7.57. The molecule has 1 aromatic carbocycles. The van der Waals surface area contributed by atoms with Gasteiger partial charge in [-0.05, 0) is 42.8 Å². The van der Waals surface area contributed by atoms with Crippen LogP contribution >= 0.6 is 11.8 Å². The van der Waals surface area contributed by atoms with E-state index >= 15 is 0 Å². The Bertz CT molecular complexity index is 1060. The van der Waals surface area contributed by atoms with Crippen LogP contribution in [0.2, 0.25) is 0 Å². The fourth-order valence-electron chi connectivity index (χ4n) is 2.90. The molecule has 3 aromatic rings. The summed E-state index contributed by atoms with van der Waals surface area (Å²) in [6.07, 6.45) is 2.40. The minimum atomic E-state index is -3.53.